The highest BCUT2D eigenvalue weighted by atomic mass is 16.5. The molecule has 1 aliphatic carbocycles. The van der Waals surface area contributed by atoms with Gasteiger partial charge in [0.15, 0.2) is 0 Å². The van der Waals surface area contributed by atoms with E-state index in [1.807, 2.05) is 21.9 Å². The molecule has 6 nitrogen and oxygen atoms in total. The van der Waals surface area contributed by atoms with Crippen LogP contribution in [0.25, 0.3) is 0 Å². The van der Waals surface area contributed by atoms with Crippen LogP contribution in [0.3, 0.4) is 0 Å². The standard InChI is InChI=1S/C23H36N2O4/c1-2-3-13-24(23(27)19-9-5-4-6-10-19)18-22(26)25(16-20-11-7-14-28-20)17-21-12-8-15-29-21/h7,11,14,19,21H,2-6,8-10,12-13,15-18H2,1H3. The number of furan rings is 1. The SMILES string of the molecule is CCCCN(CC(=O)N(Cc1ccco1)CC1CCCO1)C(=O)C1CCCCC1. The smallest absolute Gasteiger partial charge is 0.242 e. The van der Waals surface area contributed by atoms with Crippen molar-refractivity contribution in [3.05, 3.63) is 24.2 Å². The largest absolute Gasteiger partial charge is 0.467 e. The zero-order valence-corrected chi connectivity index (χ0v) is 17.8. The third kappa shape index (κ3) is 6.59. The van der Waals surface area contributed by atoms with Crippen molar-refractivity contribution < 1.29 is 18.7 Å². The highest BCUT2D eigenvalue weighted by Gasteiger charge is 2.29. The molecule has 1 aromatic rings. The van der Waals surface area contributed by atoms with Gasteiger partial charge in [-0.3, -0.25) is 9.59 Å². The summed E-state index contributed by atoms with van der Waals surface area (Å²) in [5.41, 5.74) is 0. The first-order valence-electron chi connectivity index (χ1n) is 11.4. The second-order valence-corrected chi connectivity index (χ2v) is 8.44. The van der Waals surface area contributed by atoms with Crippen molar-refractivity contribution in [2.75, 3.05) is 26.2 Å². The van der Waals surface area contributed by atoms with Crippen molar-refractivity contribution in [1.82, 2.24) is 9.80 Å². The molecule has 29 heavy (non-hydrogen) atoms. The van der Waals surface area contributed by atoms with Gasteiger partial charge in [0.25, 0.3) is 0 Å². The van der Waals surface area contributed by atoms with Crippen LogP contribution in [-0.2, 0) is 20.9 Å². The summed E-state index contributed by atoms with van der Waals surface area (Å²) in [7, 11) is 0. The fraction of sp³-hybridized carbons (Fsp3) is 0.739. The molecule has 2 aliphatic rings. The molecule has 0 bridgehead atoms. The van der Waals surface area contributed by atoms with E-state index in [0.717, 1.165) is 63.7 Å². The van der Waals surface area contributed by atoms with Crippen molar-refractivity contribution in [1.29, 1.82) is 0 Å². The molecule has 1 aromatic heterocycles. The number of ether oxygens (including phenoxy) is 1. The Bertz CT molecular complexity index is 619. The average molecular weight is 405 g/mol. The van der Waals surface area contributed by atoms with Gasteiger partial charge in [0, 0.05) is 25.6 Å². The van der Waals surface area contributed by atoms with E-state index in [4.69, 9.17) is 9.15 Å². The summed E-state index contributed by atoms with van der Waals surface area (Å²) >= 11 is 0. The second-order valence-electron chi connectivity index (χ2n) is 8.44. The lowest BCUT2D eigenvalue weighted by Crippen LogP contribution is -2.47. The van der Waals surface area contributed by atoms with E-state index >= 15 is 0 Å². The van der Waals surface area contributed by atoms with E-state index < -0.39 is 0 Å². The summed E-state index contributed by atoms with van der Waals surface area (Å²) in [5.74, 6) is 0.999. The highest BCUT2D eigenvalue weighted by molar-refractivity contribution is 5.86. The van der Waals surface area contributed by atoms with Gasteiger partial charge in [0.1, 0.15) is 5.76 Å². The molecule has 2 heterocycles. The minimum absolute atomic E-state index is 0.0165. The third-order valence-electron chi connectivity index (χ3n) is 6.10. The third-order valence-corrected chi connectivity index (χ3v) is 6.10. The molecule has 0 N–H and O–H groups in total. The van der Waals surface area contributed by atoms with Crippen LogP contribution in [0.1, 0.15) is 70.5 Å². The summed E-state index contributed by atoms with van der Waals surface area (Å²) in [6.07, 6.45) is 11.0. The molecule has 162 valence electrons. The van der Waals surface area contributed by atoms with E-state index in [0.29, 0.717) is 19.6 Å². The van der Waals surface area contributed by atoms with E-state index in [-0.39, 0.29) is 30.4 Å². The number of carbonyl (C=O) groups excluding carboxylic acids is 2. The van der Waals surface area contributed by atoms with E-state index in [1.165, 1.54) is 6.42 Å². The molecular weight excluding hydrogens is 368 g/mol. The van der Waals surface area contributed by atoms with Crippen LogP contribution in [0.15, 0.2) is 22.8 Å². The van der Waals surface area contributed by atoms with Gasteiger partial charge in [-0.05, 0) is 44.2 Å². The van der Waals surface area contributed by atoms with Crippen LogP contribution in [-0.4, -0.2) is 54.0 Å². The minimum atomic E-state index is -0.0165. The van der Waals surface area contributed by atoms with Gasteiger partial charge in [0.2, 0.25) is 11.8 Å². The van der Waals surface area contributed by atoms with Crippen LogP contribution in [0.2, 0.25) is 0 Å². The minimum Gasteiger partial charge on any atom is -0.467 e. The number of rotatable bonds is 10. The normalized spacial score (nSPS) is 20.0. The average Bonchev–Trinajstić information content (AvgIpc) is 3.45. The maximum absolute atomic E-state index is 13.3. The Morgan fingerprint density at radius 3 is 2.59 bits per heavy atom. The predicted molar refractivity (Wildman–Crippen MR) is 111 cm³/mol. The summed E-state index contributed by atoms with van der Waals surface area (Å²) < 4.78 is 11.2. The van der Waals surface area contributed by atoms with Crippen molar-refractivity contribution >= 4 is 11.8 Å². The van der Waals surface area contributed by atoms with Crippen LogP contribution in [0.4, 0.5) is 0 Å². The highest BCUT2D eigenvalue weighted by Crippen LogP contribution is 2.26. The predicted octanol–water partition coefficient (Wildman–Crippen LogP) is 4.00. The number of nitrogens with zero attached hydrogens (tertiary/aromatic N) is 2. The van der Waals surface area contributed by atoms with Gasteiger partial charge in [0.05, 0.1) is 25.5 Å². The molecule has 6 heteroatoms. The van der Waals surface area contributed by atoms with E-state index in [9.17, 15) is 9.59 Å². The van der Waals surface area contributed by atoms with Crippen LogP contribution in [0, 0.1) is 5.92 Å². The molecule has 2 amide bonds. The Balaban J connectivity index is 1.66. The Labute approximate surface area is 174 Å². The van der Waals surface area contributed by atoms with Crippen LogP contribution >= 0.6 is 0 Å². The quantitative estimate of drug-likeness (QED) is 0.591. The van der Waals surface area contributed by atoms with Gasteiger partial charge < -0.3 is 19.0 Å². The summed E-state index contributed by atoms with van der Waals surface area (Å²) in [5, 5.41) is 0. The Morgan fingerprint density at radius 1 is 1.10 bits per heavy atom. The van der Waals surface area contributed by atoms with Gasteiger partial charge in [-0.2, -0.15) is 0 Å². The Kier molecular flexibility index (Phi) is 8.59. The van der Waals surface area contributed by atoms with Crippen molar-refractivity contribution in [3.63, 3.8) is 0 Å². The first-order chi connectivity index (χ1) is 14.2. The van der Waals surface area contributed by atoms with Gasteiger partial charge >= 0.3 is 0 Å². The van der Waals surface area contributed by atoms with Crippen molar-refractivity contribution in [3.8, 4) is 0 Å². The molecule has 1 aliphatic heterocycles. The lowest BCUT2D eigenvalue weighted by atomic mass is 9.88. The summed E-state index contributed by atoms with van der Waals surface area (Å²) in [6.45, 7) is 4.67. The number of hydrogen-bond acceptors (Lipinski definition) is 4. The molecule has 1 saturated carbocycles. The molecule has 1 unspecified atom stereocenters. The fourth-order valence-electron chi connectivity index (χ4n) is 4.37. The maximum Gasteiger partial charge on any atom is 0.242 e. The maximum atomic E-state index is 13.3. The zero-order chi connectivity index (χ0) is 20.5. The molecule has 3 rings (SSSR count). The van der Waals surface area contributed by atoms with Gasteiger partial charge in [-0.15, -0.1) is 0 Å². The van der Waals surface area contributed by atoms with Gasteiger partial charge in [-0.25, -0.2) is 0 Å². The Morgan fingerprint density at radius 2 is 1.93 bits per heavy atom. The van der Waals surface area contributed by atoms with Crippen LogP contribution < -0.4 is 0 Å². The van der Waals surface area contributed by atoms with Gasteiger partial charge in [-0.1, -0.05) is 32.6 Å². The summed E-state index contributed by atoms with van der Waals surface area (Å²) in [4.78, 5) is 30.0. The lowest BCUT2D eigenvalue weighted by molar-refractivity contribution is -0.144. The number of unbranched alkanes of at least 4 members (excludes halogenated alkanes) is 1. The van der Waals surface area contributed by atoms with Crippen molar-refractivity contribution in [2.45, 2.75) is 77.4 Å². The lowest BCUT2D eigenvalue weighted by Gasteiger charge is -2.31. The molecule has 0 spiro atoms. The topological polar surface area (TPSA) is 63.0 Å². The molecular formula is C23H36N2O4. The number of carbonyl (C=O) groups is 2. The fourth-order valence-corrected chi connectivity index (χ4v) is 4.37. The molecule has 1 atom stereocenters. The van der Waals surface area contributed by atoms with Crippen LogP contribution in [0.5, 0.6) is 0 Å². The first kappa shape index (κ1) is 21.9. The molecule has 1 saturated heterocycles. The Hall–Kier alpha value is -1.82. The number of amides is 2. The molecule has 0 aromatic carbocycles. The molecule has 2 fully saturated rings. The zero-order valence-electron chi connectivity index (χ0n) is 17.8. The van der Waals surface area contributed by atoms with E-state index in [2.05, 4.69) is 6.92 Å². The number of hydrogen-bond donors (Lipinski definition) is 0. The second kappa shape index (κ2) is 11.4. The van der Waals surface area contributed by atoms with E-state index in [1.54, 1.807) is 6.26 Å². The van der Waals surface area contributed by atoms with Crippen molar-refractivity contribution in [2.24, 2.45) is 5.92 Å². The monoisotopic (exact) mass is 404 g/mol. The summed E-state index contributed by atoms with van der Waals surface area (Å²) in [6, 6.07) is 3.72. The molecule has 0 radical (unpaired) electrons. The first-order valence-corrected chi connectivity index (χ1v) is 11.4.